The van der Waals surface area contributed by atoms with Crippen LogP contribution in [0.15, 0.2) is 41.3 Å². The number of halogens is 2. The predicted molar refractivity (Wildman–Crippen MR) is 104 cm³/mol. The number of hydrogen-bond acceptors (Lipinski definition) is 4. The molecule has 0 atom stereocenters. The van der Waals surface area contributed by atoms with Crippen LogP contribution in [0, 0.1) is 5.82 Å². The molecule has 2 aromatic rings. The summed E-state index contributed by atoms with van der Waals surface area (Å²) in [7, 11) is -2.36. The minimum Gasteiger partial charge on any atom is -0.478 e. The van der Waals surface area contributed by atoms with Crippen molar-refractivity contribution in [3.05, 3.63) is 52.8 Å². The maximum absolute atomic E-state index is 13.2. The Labute approximate surface area is 162 Å². The van der Waals surface area contributed by atoms with Crippen LogP contribution in [0.1, 0.15) is 30.1 Å². The van der Waals surface area contributed by atoms with E-state index in [4.69, 9.17) is 11.6 Å². The van der Waals surface area contributed by atoms with Crippen molar-refractivity contribution in [1.82, 2.24) is 0 Å². The van der Waals surface area contributed by atoms with Crippen molar-refractivity contribution in [2.75, 3.05) is 23.2 Å². The third-order valence-electron chi connectivity index (χ3n) is 3.95. The molecular weight excluding hydrogens is 395 g/mol. The maximum atomic E-state index is 13.2. The predicted octanol–water partition coefficient (Wildman–Crippen LogP) is 4.21. The molecule has 0 saturated heterocycles. The first-order chi connectivity index (χ1) is 12.7. The molecule has 2 aromatic carbocycles. The number of anilines is 2. The summed E-state index contributed by atoms with van der Waals surface area (Å²) in [6.45, 7) is 2.79. The monoisotopic (exact) mass is 414 g/mol. The third-order valence-corrected chi connectivity index (χ3v) is 5.80. The summed E-state index contributed by atoms with van der Waals surface area (Å²) in [4.78, 5) is 13.2. The molecule has 2 N–H and O–H groups in total. The highest BCUT2D eigenvalue weighted by molar-refractivity contribution is 7.92. The molecule has 0 bridgehead atoms. The number of nitrogens with one attached hydrogen (secondary N) is 1. The highest BCUT2D eigenvalue weighted by Gasteiger charge is 2.22. The average molecular weight is 415 g/mol. The van der Waals surface area contributed by atoms with Gasteiger partial charge < -0.3 is 10.0 Å². The Hall–Kier alpha value is -2.32. The molecule has 0 radical (unpaired) electrons. The van der Waals surface area contributed by atoms with Gasteiger partial charge in [-0.3, -0.25) is 4.72 Å². The number of carboxylic acids is 1. The molecule has 0 saturated carbocycles. The summed E-state index contributed by atoms with van der Waals surface area (Å²) in [6, 6.07) is 7.28. The third kappa shape index (κ3) is 5.11. The molecule has 0 heterocycles. The summed E-state index contributed by atoms with van der Waals surface area (Å²) in [5, 5.41) is 9.18. The van der Waals surface area contributed by atoms with Gasteiger partial charge in [-0.25, -0.2) is 17.6 Å². The van der Waals surface area contributed by atoms with Crippen LogP contribution in [0.5, 0.6) is 0 Å². The highest BCUT2D eigenvalue weighted by atomic mass is 35.5. The van der Waals surface area contributed by atoms with Gasteiger partial charge in [-0.15, -0.1) is 0 Å². The highest BCUT2D eigenvalue weighted by Crippen LogP contribution is 2.28. The Kier molecular flexibility index (Phi) is 6.67. The SMILES string of the molecule is CCCCN(C)c1ccc(NS(=O)(=O)c2ccc(F)cc2Cl)c(C(=O)O)c1. The van der Waals surface area contributed by atoms with Gasteiger partial charge in [0.2, 0.25) is 0 Å². The smallest absolute Gasteiger partial charge is 0.337 e. The minimum atomic E-state index is -4.19. The Morgan fingerprint density at radius 1 is 1.26 bits per heavy atom. The van der Waals surface area contributed by atoms with Gasteiger partial charge in [0.15, 0.2) is 0 Å². The quantitative estimate of drug-likeness (QED) is 0.675. The van der Waals surface area contributed by atoms with Crippen LogP contribution in [0.4, 0.5) is 15.8 Å². The molecule has 146 valence electrons. The van der Waals surface area contributed by atoms with Gasteiger partial charge >= 0.3 is 5.97 Å². The molecule has 9 heteroatoms. The first-order valence-electron chi connectivity index (χ1n) is 8.22. The maximum Gasteiger partial charge on any atom is 0.337 e. The van der Waals surface area contributed by atoms with E-state index in [9.17, 15) is 22.7 Å². The largest absolute Gasteiger partial charge is 0.478 e. The second kappa shape index (κ2) is 8.58. The van der Waals surface area contributed by atoms with Gasteiger partial charge in [-0.05, 0) is 42.8 Å². The summed E-state index contributed by atoms with van der Waals surface area (Å²) in [6.07, 6.45) is 1.93. The Bertz CT molecular complexity index is 950. The molecule has 0 aliphatic carbocycles. The average Bonchev–Trinajstić information content (AvgIpc) is 2.59. The zero-order chi connectivity index (χ0) is 20.2. The zero-order valence-corrected chi connectivity index (χ0v) is 16.4. The molecule has 0 aliphatic rings. The fraction of sp³-hybridized carbons (Fsp3) is 0.278. The molecule has 2 rings (SSSR count). The van der Waals surface area contributed by atoms with Gasteiger partial charge in [0, 0.05) is 19.3 Å². The Morgan fingerprint density at radius 2 is 1.96 bits per heavy atom. The molecule has 0 fully saturated rings. The molecule has 0 unspecified atom stereocenters. The van der Waals surface area contributed by atoms with Crippen LogP contribution in [-0.4, -0.2) is 33.1 Å². The molecule has 6 nitrogen and oxygen atoms in total. The van der Waals surface area contributed by atoms with E-state index in [1.165, 1.54) is 12.1 Å². The second-order valence-corrected chi connectivity index (χ2v) is 8.05. The number of carbonyl (C=O) groups is 1. The van der Waals surface area contributed by atoms with Crippen LogP contribution in [0.25, 0.3) is 0 Å². The van der Waals surface area contributed by atoms with E-state index in [1.54, 1.807) is 6.07 Å². The molecule has 0 amide bonds. The number of aromatic carboxylic acids is 1. The van der Waals surface area contributed by atoms with Crippen molar-refractivity contribution in [3.63, 3.8) is 0 Å². The van der Waals surface area contributed by atoms with Gasteiger partial charge in [0.1, 0.15) is 10.7 Å². The van der Waals surface area contributed by atoms with E-state index in [-0.39, 0.29) is 21.2 Å². The van der Waals surface area contributed by atoms with Crippen LogP contribution >= 0.6 is 11.6 Å². The summed E-state index contributed by atoms with van der Waals surface area (Å²) >= 11 is 5.82. The van der Waals surface area contributed by atoms with Crippen molar-refractivity contribution >= 4 is 39.0 Å². The van der Waals surface area contributed by atoms with Gasteiger partial charge in [0.25, 0.3) is 10.0 Å². The van der Waals surface area contributed by atoms with Crippen LogP contribution in [-0.2, 0) is 10.0 Å². The van der Waals surface area contributed by atoms with Crippen molar-refractivity contribution < 1.29 is 22.7 Å². The van der Waals surface area contributed by atoms with E-state index in [2.05, 4.69) is 11.6 Å². The first kappa shape index (κ1) is 21.0. The van der Waals surface area contributed by atoms with E-state index in [1.807, 2.05) is 11.9 Å². The van der Waals surface area contributed by atoms with Gasteiger partial charge in [0.05, 0.1) is 16.3 Å². The Morgan fingerprint density at radius 3 is 2.56 bits per heavy atom. The lowest BCUT2D eigenvalue weighted by molar-refractivity contribution is 0.0698. The van der Waals surface area contributed by atoms with Crippen LogP contribution in [0.2, 0.25) is 5.02 Å². The lowest BCUT2D eigenvalue weighted by atomic mass is 10.1. The van der Waals surface area contributed by atoms with Crippen molar-refractivity contribution in [2.24, 2.45) is 0 Å². The molecule has 0 spiro atoms. The van der Waals surface area contributed by atoms with E-state index in [0.29, 0.717) is 5.69 Å². The second-order valence-electron chi connectivity index (χ2n) is 5.99. The lowest BCUT2D eigenvalue weighted by Crippen LogP contribution is -2.20. The molecule has 0 aliphatic heterocycles. The number of hydrogen-bond donors (Lipinski definition) is 2. The summed E-state index contributed by atoms with van der Waals surface area (Å²) in [5.74, 6) is -1.95. The van der Waals surface area contributed by atoms with Crippen molar-refractivity contribution in [3.8, 4) is 0 Å². The van der Waals surface area contributed by atoms with Gasteiger partial charge in [-0.2, -0.15) is 0 Å². The van der Waals surface area contributed by atoms with Crippen molar-refractivity contribution in [1.29, 1.82) is 0 Å². The number of benzene rings is 2. The van der Waals surface area contributed by atoms with Crippen LogP contribution in [0.3, 0.4) is 0 Å². The standard InChI is InChI=1S/C18H20ClFN2O4S/c1-3-4-9-22(2)13-6-7-16(14(11-13)18(23)24)21-27(25,26)17-8-5-12(20)10-15(17)19/h5-8,10-11,21H,3-4,9H2,1-2H3,(H,23,24). The van der Waals surface area contributed by atoms with E-state index < -0.39 is 21.8 Å². The fourth-order valence-corrected chi connectivity index (χ4v) is 4.07. The molecule has 27 heavy (non-hydrogen) atoms. The number of carboxylic acid groups (broad SMARTS) is 1. The Balaban J connectivity index is 2.38. The zero-order valence-electron chi connectivity index (χ0n) is 14.9. The van der Waals surface area contributed by atoms with Crippen LogP contribution < -0.4 is 9.62 Å². The van der Waals surface area contributed by atoms with Crippen molar-refractivity contribution in [2.45, 2.75) is 24.7 Å². The molecule has 0 aromatic heterocycles. The van der Waals surface area contributed by atoms with E-state index in [0.717, 1.165) is 37.6 Å². The summed E-state index contributed by atoms with van der Waals surface area (Å²) < 4.78 is 40.5. The van der Waals surface area contributed by atoms with E-state index >= 15 is 0 Å². The first-order valence-corrected chi connectivity index (χ1v) is 10.1. The summed E-state index contributed by atoms with van der Waals surface area (Å²) in [5.41, 5.74) is 0.358. The number of sulfonamides is 1. The lowest BCUT2D eigenvalue weighted by Gasteiger charge is -2.20. The van der Waals surface area contributed by atoms with Gasteiger partial charge in [-0.1, -0.05) is 24.9 Å². The minimum absolute atomic E-state index is 0.101. The normalized spacial score (nSPS) is 11.3. The number of unbranched alkanes of at least 4 members (excludes halogenated alkanes) is 1. The topological polar surface area (TPSA) is 86.7 Å². The number of rotatable bonds is 8. The fourth-order valence-electron chi connectivity index (χ4n) is 2.45. The number of nitrogens with zero attached hydrogens (tertiary/aromatic N) is 1. The molecular formula is C18H20ClFN2O4S.